The van der Waals surface area contributed by atoms with Gasteiger partial charge < -0.3 is 35.2 Å². The van der Waals surface area contributed by atoms with Gasteiger partial charge in [-0.15, -0.1) is 0 Å². The van der Waals surface area contributed by atoms with Gasteiger partial charge >= 0.3 is 12.0 Å². The first-order valence-corrected chi connectivity index (χ1v) is 16.5. The molecule has 0 bridgehead atoms. The molecule has 3 aromatic rings. The van der Waals surface area contributed by atoms with E-state index in [2.05, 4.69) is 15.5 Å². The van der Waals surface area contributed by atoms with Crippen LogP contribution in [0, 0.1) is 5.92 Å². The Labute approximate surface area is 282 Å². The lowest BCUT2D eigenvalue weighted by Gasteiger charge is -2.36. The Morgan fingerprint density at radius 2 is 1.71 bits per heavy atom. The minimum absolute atomic E-state index is 0.107. The van der Waals surface area contributed by atoms with E-state index < -0.39 is 18.0 Å². The zero-order valence-corrected chi connectivity index (χ0v) is 28.2. The molecular formula is C37H48N4O7. The number of hydrogen-bond donors (Lipinski definition) is 4. The summed E-state index contributed by atoms with van der Waals surface area (Å²) in [7, 11) is 1.99. The maximum Gasteiger partial charge on any atom is 0.335 e. The van der Waals surface area contributed by atoms with Crippen molar-refractivity contribution in [2.24, 2.45) is 5.92 Å². The lowest BCUT2D eigenvalue weighted by molar-refractivity contribution is -0.0177. The van der Waals surface area contributed by atoms with Crippen molar-refractivity contribution < 1.29 is 34.1 Å². The molecule has 0 aromatic heterocycles. The fourth-order valence-electron chi connectivity index (χ4n) is 5.71. The number of aromatic carboxylic acids is 1. The minimum Gasteiger partial charge on any atom is -0.490 e. The highest BCUT2D eigenvalue weighted by Gasteiger charge is 2.30. The van der Waals surface area contributed by atoms with Crippen molar-refractivity contribution in [2.75, 3.05) is 44.0 Å². The molecule has 0 saturated carbocycles. The Kier molecular flexibility index (Phi) is 13.4. The number of anilines is 2. The van der Waals surface area contributed by atoms with Crippen molar-refractivity contribution >= 4 is 29.3 Å². The zero-order valence-electron chi connectivity index (χ0n) is 28.2. The molecule has 0 spiro atoms. The van der Waals surface area contributed by atoms with Crippen LogP contribution in [-0.4, -0.2) is 89.5 Å². The summed E-state index contributed by atoms with van der Waals surface area (Å²) in [6, 6.07) is 20.0. The van der Waals surface area contributed by atoms with E-state index in [0.717, 1.165) is 24.8 Å². The topological polar surface area (TPSA) is 141 Å². The summed E-state index contributed by atoms with van der Waals surface area (Å²) in [6.45, 7) is 7.63. The van der Waals surface area contributed by atoms with Gasteiger partial charge in [0.15, 0.2) is 0 Å². The molecule has 1 heterocycles. The molecule has 0 unspecified atom stereocenters. The number of carboxylic acid groups (broad SMARTS) is 1. The number of para-hydroxylation sites is 1. The van der Waals surface area contributed by atoms with Gasteiger partial charge in [0.05, 0.1) is 36.0 Å². The second-order valence-corrected chi connectivity index (χ2v) is 12.7. The second-order valence-electron chi connectivity index (χ2n) is 12.7. The van der Waals surface area contributed by atoms with Gasteiger partial charge in [0, 0.05) is 43.5 Å². The molecule has 4 N–H and O–H groups in total. The summed E-state index contributed by atoms with van der Waals surface area (Å²) in [4.78, 5) is 42.2. The summed E-state index contributed by atoms with van der Waals surface area (Å²) in [5, 5.41) is 25.1. The van der Waals surface area contributed by atoms with Crippen molar-refractivity contribution in [3.05, 3.63) is 89.5 Å². The van der Waals surface area contributed by atoms with Crippen molar-refractivity contribution in [1.29, 1.82) is 0 Å². The van der Waals surface area contributed by atoms with Crippen molar-refractivity contribution in [3.8, 4) is 5.75 Å². The average molecular weight is 661 g/mol. The maximum absolute atomic E-state index is 14.3. The van der Waals surface area contributed by atoms with Crippen LogP contribution >= 0.6 is 0 Å². The highest BCUT2D eigenvalue weighted by molar-refractivity contribution is 6.02. The number of rotatable bonds is 9. The largest absolute Gasteiger partial charge is 0.490 e. The Morgan fingerprint density at radius 3 is 2.40 bits per heavy atom. The highest BCUT2D eigenvalue weighted by Crippen LogP contribution is 2.29. The fraction of sp³-hybridized carbons (Fsp3) is 0.432. The molecule has 1 aliphatic heterocycles. The van der Waals surface area contributed by atoms with Crippen molar-refractivity contribution in [2.45, 2.75) is 64.8 Å². The smallest absolute Gasteiger partial charge is 0.335 e. The predicted molar refractivity (Wildman–Crippen MR) is 186 cm³/mol. The second kappa shape index (κ2) is 17.6. The first-order chi connectivity index (χ1) is 23.0. The lowest BCUT2D eigenvalue weighted by Crippen LogP contribution is -2.47. The van der Waals surface area contributed by atoms with Crippen LogP contribution in [0.3, 0.4) is 0 Å². The summed E-state index contributed by atoms with van der Waals surface area (Å²) >= 11 is 0. The van der Waals surface area contributed by atoms with Crippen LogP contribution in [0.4, 0.5) is 16.2 Å². The quantitative estimate of drug-likeness (QED) is 0.221. The number of hydrogen-bond acceptors (Lipinski definition) is 7. The molecule has 258 valence electrons. The number of carboxylic acids is 1. The van der Waals surface area contributed by atoms with E-state index >= 15 is 0 Å². The van der Waals surface area contributed by atoms with Gasteiger partial charge in [-0.25, -0.2) is 9.59 Å². The Morgan fingerprint density at radius 1 is 1.00 bits per heavy atom. The SMILES string of the molecule is C[C@@H]1CCCCO[C@H](CN(C)Cc2ccc(C(=O)O)cc2)[C@H](C)CN([C@H](C)CO)C(=O)c2cc(NC(=O)Nc3ccccc3)ccc2O1. The zero-order chi connectivity index (χ0) is 34.6. The number of nitrogens with zero attached hydrogens (tertiary/aromatic N) is 2. The van der Waals surface area contributed by atoms with Gasteiger partial charge in [-0.3, -0.25) is 9.69 Å². The number of urea groups is 1. The molecule has 1 aliphatic rings. The molecule has 3 aromatic carbocycles. The third-order valence-electron chi connectivity index (χ3n) is 8.49. The average Bonchev–Trinajstić information content (AvgIpc) is 3.06. The van der Waals surface area contributed by atoms with Crippen LogP contribution < -0.4 is 15.4 Å². The number of benzene rings is 3. The van der Waals surface area contributed by atoms with Crippen LogP contribution in [-0.2, 0) is 11.3 Å². The number of amides is 3. The Hall–Kier alpha value is -4.45. The number of ether oxygens (including phenoxy) is 2. The molecular weight excluding hydrogens is 612 g/mol. The van der Waals surface area contributed by atoms with Gasteiger partial charge in [0.2, 0.25) is 0 Å². The molecule has 0 fully saturated rings. The summed E-state index contributed by atoms with van der Waals surface area (Å²) in [5.74, 6) is -0.968. The van der Waals surface area contributed by atoms with Crippen LogP contribution in [0.1, 0.15) is 66.3 Å². The van der Waals surface area contributed by atoms with Gasteiger partial charge in [0.1, 0.15) is 5.75 Å². The molecule has 0 radical (unpaired) electrons. The third kappa shape index (κ3) is 10.5. The molecule has 0 saturated heterocycles. The molecule has 4 rings (SSSR count). The van der Waals surface area contributed by atoms with E-state index in [0.29, 0.717) is 48.9 Å². The molecule has 0 aliphatic carbocycles. The van der Waals surface area contributed by atoms with Crippen LogP contribution in [0.15, 0.2) is 72.8 Å². The van der Waals surface area contributed by atoms with Crippen molar-refractivity contribution in [3.63, 3.8) is 0 Å². The molecule has 3 amide bonds. The molecule has 11 heteroatoms. The number of carbonyl (C=O) groups is 3. The van der Waals surface area contributed by atoms with Gasteiger partial charge in [-0.1, -0.05) is 37.3 Å². The third-order valence-corrected chi connectivity index (χ3v) is 8.49. The van der Waals surface area contributed by atoms with Crippen LogP contribution in [0.25, 0.3) is 0 Å². The first kappa shape index (κ1) is 36.4. The fourth-order valence-corrected chi connectivity index (χ4v) is 5.71. The van der Waals surface area contributed by atoms with Crippen LogP contribution in [0.2, 0.25) is 0 Å². The standard InChI is InChI=1S/C37H48N4O7/c1-25-21-41(26(2)24-42)35(43)32-20-31(39-37(46)38-30-11-6-5-7-12-30)17-18-33(32)48-27(3)10-8-9-19-47-34(25)23-40(4)22-28-13-15-29(16-14-28)36(44)45/h5-7,11-18,20,25-27,34,42H,8-10,19,21-24H2,1-4H3,(H,44,45)(H2,38,39,46)/t25-,26-,27-,34-/m1/s1. The Balaban J connectivity index is 1.57. The highest BCUT2D eigenvalue weighted by atomic mass is 16.5. The summed E-state index contributed by atoms with van der Waals surface area (Å²) in [6.07, 6.45) is 2.10. The summed E-state index contributed by atoms with van der Waals surface area (Å²) in [5.41, 5.74) is 2.58. The van der Waals surface area contributed by atoms with E-state index in [-0.39, 0.29) is 36.2 Å². The monoisotopic (exact) mass is 660 g/mol. The number of likely N-dealkylation sites (N-methyl/N-ethyl adjacent to an activating group) is 1. The number of fused-ring (bicyclic) bond motifs is 1. The molecule has 48 heavy (non-hydrogen) atoms. The number of aliphatic hydroxyl groups excluding tert-OH is 1. The van der Waals surface area contributed by atoms with Crippen LogP contribution in [0.5, 0.6) is 5.75 Å². The van der Waals surface area contributed by atoms with E-state index in [9.17, 15) is 24.6 Å². The van der Waals surface area contributed by atoms with Gasteiger partial charge in [-0.05, 0) is 88.2 Å². The van der Waals surface area contributed by atoms with E-state index in [1.54, 1.807) is 54.3 Å². The number of nitrogens with one attached hydrogen (secondary N) is 2. The van der Waals surface area contributed by atoms with Gasteiger partial charge in [-0.2, -0.15) is 0 Å². The maximum atomic E-state index is 14.3. The van der Waals surface area contributed by atoms with E-state index in [1.807, 2.05) is 51.2 Å². The number of carbonyl (C=O) groups excluding carboxylic acids is 2. The van der Waals surface area contributed by atoms with Crippen molar-refractivity contribution in [1.82, 2.24) is 9.80 Å². The molecule has 11 nitrogen and oxygen atoms in total. The van der Waals surface area contributed by atoms with E-state index in [4.69, 9.17) is 9.47 Å². The number of aliphatic hydroxyl groups is 1. The molecule has 4 atom stereocenters. The predicted octanol–water partition coefficient (Wildman–Crippen LogP) is 5.96. The summed E-state index contributed by atoms with van der Waals surface area (Å²) < 4.78 is 12.7. The normalized spacial score (nSPS) is 19.8. The lowest BCUT2D eigenvalue weighted by atomic mass is 10.0. The van der Waals surface area contributed by atoms with Gasteiger partial charge in [0.25, 0.3) is 5.91 Å². The minimum atomic E-state index is -0.960. The first-order valence-electron chi connectivity index (χ1n) is 16.5. The Bertz CT molecular complexity index is 1500. The van der Waals surface area contributed by atoms with E-state index in [1.165, 1.54) is 0 Å².